The van der Waals surface area contributed by atoms with Gasteiger partial charge in [0.1, 0.15) is 11.9 Å². The van der Waals surface area contributed by atoms with Gasteiger partial charge in [-0.2, -0.15) is 0 Å². The van der Waals surface area contributed by atoms with Crippen molar-refractivity contribution in [2.45, 2.75) is 157 Å². The molecule has 12 heteroatoms. The molecule has 1 saturated heterocycles. The second-order valence-corrected chi connectivity index (χ2v) is 28.7. The highest BCUT2D eigenvalue weighted by Crippen LogP contribution is 2.68. The number of ether oxygens (including phenoxy) is 1. The van der Waals surface area contributed by atoms with E-state index in [1.807, 2.05) is 24.4 Å². The Hall–Kier alpha value is -4.58. The van der Waals surface area contributed by atoms with Gasteiger partial charge in [0.2, 0.25) is 0 Å². The SMILES string of the molecule is CCC1Cc2cc(O)c(OC3CC(Cc4ccc[nH]4)C4=CCNC(N)=C4CSSCC(CO)C3O)cc2C2CC(O)C3C(C#CC4(CCCCC3O)CC(c3ccccc3)C3C5CCC(CC6CCC(O)C4C63)c3ccccc35)C=C12. The van der Waals surface area contributed by atoms with Crippen LogP contribution in [0.1, 0.15) is 148 Å². The molecule has 13 rings (SSSR count). The predicted octanol–water partition coefficient (Wildman–Crippen LogP) is 11.2. The fourth-order valence-electron chi connectivity index (χ4n) is 18.4. The summed E-state index contributed by atoms with van der Waals surface area (Å²) in [5.74, 6) is 11.1. The number of aliphatic hydroxyl groups excluding tert-OH is 5. The number of benzene rings is 3. The summed E-state index contributed by atoms with van der Waals surface area (Å²) in [6, 6.07) is 28.5. The number of nitrogens with one attached hydrogen (secondary N) is 2. The van der Waals surface area contributed by atoms with Crippen LogP contribution in [0.2, 0.25) is 0 Å². The van der Waals surface area contributed by atoms with Crippen molar-refractivity contribution >= 4 is 21.6 Å². The van der Waals surface area contributed by atoms with Crippen LogP contribution in [0.25, 0.3) is 0 Å². The molecule has 19 unspecified atom stereocenters. The molecule has 430 valence electrons. The fraction of sp³-hybridized carbons (Fsp3) is 0.565. The topological polar surface area (TPSA) is 184 Å². The molecule has 9 aliphatic rings. The summed E-state index contributed by atoms with van der Waals surface area (Å²) in [7, 11) is 3.28. The van der Waals surface area contributed by atoms with E-state index in [2.05, 4.69) is 102 Å². The van der Waals surface area contributed by atoms with Crippen LogP contribution in [0.5, 0.6) is 11.5 Å². The number of aromatic amines is 1. The van der Waals surface area contributed by atoms with Crippen LogP contribution in [0.3, 0.4) is 0 Å². The molecule has 4 fully saturated rings. The summed E-state index contributed by atoms with van der Waals surface area (Å²) in [5.41, 5.74) is 17.2. The standard InChI is InChI=1S/C69H85N3O7S2/c1-2-39-27-44-31-59(76)61(79-62-32-45(29-47-13-10-25-71-47)49-22-26-72-68(70)56(49)38-81-80-37-46(36-73)67(62)78)34-53(44)54-33-60(77)63-43(30-52(39)54)21-24-69(23-9-8-16-57(63)74)35-55(40-11-4-3-5-12-40)65-51-19-17-41(48-14-6-7-15-50(48)51)28-42-18-20-58(75)66(69)64(42)65/h3-7,10-15,22,25,30-31,34,39,41-43,45-46,51,54-55,57-58,60,62-67,71-78H,2,8-9,16-20,23,26-29,32-33,35-38,70H2,1H3. The maximum absolute atomic E-state index is 12.9. The van der Waals surface area contributed by atoms with Crippen LogP contribution < -0.4 is 15.8 Å². The Morgan fingerprint density at radius 2 is 1.64 bits per heavy atom. The first-order valence-corrected chi connectivity index (χ1v) is 33.5. The van der Waals surface area contributed by atoms with Crippen molar-refractivity contribution < 1.29 is 35.4 Å². The number of aliphatic hydroxyl groups is 5. The summed E-state index contributed by atoms with van der Waals surface area (Å²) < 4.78 is 7.03. The number of allylic oxidation sites excluding steroid dienone is 3. The molecule has 0 radical (unpaired) electrons. The molecule has 3 saturated carbocycles. The minimum atomic E-state index is -1.06. The third kappa shape index (κ3) is 10.4. The molecular weight excluding hydrogens is 1050 g/mol. The predicted molar refractivity (Wildman–Crippen MR) is 323 cm³/mol. The Morgan fingerprint density at radius 3 is 2.46 bits per heavy atom. The molecule has 2 bridgehead atoms. The summed E-state index contributed by atoms with van der Waals surface area (Å²) in [6.45, 7) is 2.59. The van der Waals surface area contributed by atoms with E-state index in [0.717, 1.165) is 72.9 Å². The lowest BCUT2D eigenvalue weighted by Gasteiger charge is -2.62. The molecule has 0 amide bonds. The van der Waals surface area contributed by atoms with Crippen molar-refractivity contribution in [3.63, 3.8) is 0 Å². The van der Waals surface area contributed by atoms with Gasteiger partial charge in [0.15, 0.2) is 11.5 Å². The Balaban J connectivity index is 0.886. The van der Waals surface area contributed by atoms with Crippen molar-refractivity contribution in [3.8, 4) is 23.3 Å². The zero-order valence-corrected chi connectivity index (χ0v) is 48.7. The molecule has 1 spiro atoms. The number of rotatable bonds is 7. The van der Waals surface area contributed by atoms with Gasteiger partial charge in [-0.15, -0.1) is 0 Å². The molecule has 81 heavy (non-hydrogen) atoms. The minimum Gasteiger partial charge on any atom is -0.504 e. The van der Waals surface area contributed by atoms with E-state index >= 15 is 0 Å². The third-order valence-electron chi connectivity index (χ3n) is 22.0. The molecule has 1 aromatic heterocycles. The molecule has 7 aliphatic carbocycles. The van der Waals surface area contributed by atoms with Crippen molar-refractivity contribution in [2.75, 3.05) is 24.7 Å². The average Bonchev–Trinajstić information content (AvgIpc) is 3.33. The van der Waals surface area contributed by atoms with E-state index < -0.39 is 53.7 Å². The van der Waals surface area contributed by atoms with Crippen LogP contribution >= 0.6 is 21.6 Å². The van der Waals surface area contributed by atoms with E-state index in [1.54, 1.807) is 32.7 Å². The largest absolute Gasteiger partial charge is 0.504 e. The summed E-state index contributed by atoms with van der Waals surface area (Å²) in [6.07, 6.45) is 15.1. The van der Waals surface area contributed by atoms with Gasteiger partial charge < -0.3 is 51.4 Å². The van der Waals surface area contributed by atoms with E-state index in [-0.39, 0.29) is 47.7 Å². The maximum Gasteiger partial charge on any atom is 0.161 e. The lowest BCUT2D eigenvalue weighted by molar-refractivity contribution is -0.126. The molecule has 2 aliphatic heterocycles. The van der Waals surface area contributed by atoms with Crippen LogP contribution in [0.15, 0.2) is 120 Å². The zero-order chi connectivity index (χ0) is 55.5. The first kappa shape index (κ1) is 55.6. The smallest absolute Gasteiger partial charge is 0.161 e. The normalized spacial score (nSPS) is 38.3. The summed E-state index contributed by atoms with van der Waals surface area (Å²) in [5, 5.41) is 76.7. The highest BCUT2D eigenvalue weighted by Gasteiger charge is 2.61. The summed E-state index contributed by atoms with van der Waals surface area (Å²) in [4.78, 5) is 3.40. The van der Waals surface area contributed by atoms with Gasteiger partial charge in [0.05, 0.1) is 24.4 Å². The molecule has 4 aromatic rings. The Bertz CT molecular complexity index is 3060. The lowest BCUT2D eigenvalue weighted by atomic mass is 9.42. The minimum absolute atomic E-state index is 0.00163. The number of fused-ring (bicyclic) bond motifs is 13. The number of dihydropyridines is 1. The van der Waals surface area contributed by atoms with Crippen molar-refractivity contribution in [2.24, 2.45) is 64.4 Å². The number of hydrogen-bond acceptors (Lipinski definition) is 11. The summed E-state index contributed by atoms with van der Waals surface area (Å²) >= 11 is 0. The third-order valence-corrected chi connectivity index (χ3v) is 24.4. The molecule has 3 aromatic carbocycles. The van der Waals surface area contributed by atoms with Crippen molar-refractivity contribution in [3.05, 3.63) is 153 Å². The van der Waals surface area contributed by atoms with Gasteiger partial charge in [-0.3, -0.25) is 0 Å². The average molecular weight is 1130 g/mol. The van der Waals surface area contributed by atoms with Crippen LogP contribution in [0.4, 0.5) is 0 Å². The van der Waals surface area contributed by atoms with Crippen LogP contribution in [-0.4, -0.2) is 90.8 Å². The highest BCUT2D eigenvalue weighted by molar-refractivity contribution is 8.76. The number of nitrogens with two attached hydrogens (primary N) is 1. The first-order valence-electron chi connectivity index (χ1n) is 31.0. The first-order chi connectivity index (χ1) is 39.5. The molecule has 19 atom stereocenters. The quantitative estimate of drug-likeness (QED) is 0.0488. The van der Waals surface area contributed by atoms with Crippen molar-refractivity contribution in [1.82, 2.24) is 10.3 Å². The zero-order valence-electron chi connectivity index (χ0n) is 47.1. The number of phenols is 1. The fourth-order valence-corrected chi connectivity index (χ4v) is 20.9. The van der Waals surface area contributed by atoms with Gasteiger partial charge in [-0.1, -0.05) is 126 Å². The molecular formula is C69H85N3O7S2. The Morgan fingerprint density at radius 1 is 0.802 bits per heavy atom. The lowest BCUT2D eigenvalue weighted by Crippen LogP contribution is -2.58. The van der Waals surface area contributed by atoms with E-state index in [1.165, 1.54) is 30.4 Å². The van der Waals surface area contributed by atoms with Crippen LogP contribution in [0, 0.1) is 70.5 Å². The van der Waals surface area contributed by atoms with Crippen LogP contribution in [-0.2, 0) is 12.8 Å². The van der Waals surface area contributed by atoms with E-state index in [9.17, 15) is 30.6 Å². The number of phenolic OH excluding ortho intramolecular Hbond substituents is 1. The Labute approximate surface area is 487 Å². The monoisotopic (exact) mass is 1130 g/mol. The maximum atomic E-state index is 12.9. The Kier molecular flexibility index (Phi) is 16.1. The number of H-pyrrole nitrogens is 1. The number of aromatic hydroxyl groups is 1. The molecule has 3 heterocycles. The van der Waals surface area contributed by atoms with Crippen molar-refractivity contribution in [1.29, 1.82) is 0 Å². The highest BCUT2D eigenvalue weighted by atomic mass is 33.1. The van der Waals surface area contributed by atoms with Gasteiger partial charge in [-0.05, 0) is 188 Å². The molecule has 10 N–H and O–H groups in total. The van der Waals surface area contributed by atoms with E-state index in [0.29, 0.717) is 85.6 Å². The second-order valence-electron chi connectivity index (χ2n) is 26.1. The van der Waals surface area contributed by atoms with Gasteiger partial charge in [-0.25, -0.2) is 0 Å². The second kappa shape index (κ2) is 23.5. The number of hydrogen-bond donors (Lipinski definition) is 9. The van der Waals surface area contributed by atoms with Gasteiger partial charge in [0.25, 0.3) is 0 Å². The van der Waals surface area contributed by atoms with Gasteiger partial charge in [0, 0.05) is 77.1 Å². The van der Waals surface area contributed by atoms with Gasteiger partial charge >= 0.3 is 0 Å². The number of aromatic nitrogens is 1. The molecule has 10 nitrogen and oxygen atoms in total. The van der Waals surface area contributed by atoms with E-state index in [4.69, 9.17) is 10.5 Å².